The smallest absolute Gasteiger partial charge is 0.325 e. The third-order valence-corrected chi connectivity index (χ3v) is 5.69. The molecule has 2 heterocycles. The fraction of sp³-hybridized carbons (Fsp3) is 0.500. The van der Waals surface area contributed by atoms with Crippen molar-refractivity contribution >= 4 is 23.5 Å². The molecule has 2 aliphatic rings. The van der Waals surface area contributed by atoms with Crippen LogP contribution in [0.4, 0.5) is 10.5 Å². The lowest BCUT2D eigenvalue weighted by Crippen LogP contribution is -2.54. The molecule has 158 valence electrons. The van der Waals surface area contributed by atoms with Crippen molar-refractivity contribution in [3.63, 3.8) is 0 Å². The standard InChI is InChI=1S/C20H25N7O3/c1-13-8-19(2,3)11-20(9-13)17(29)26(18(30)23-20)10-16(28)22-14-4-6-15(7-5-14)27-12-21-24-25-27/h4-7,12-13H,8-11H2,1-3H3,(H,22,28)(H,23,30)/t13-,20-/m1/s1. The van der Waals surface area contributed by atoms with Crippen LogP contribution in [0.15, 0.2) is 30.6 Å². The molecular weight excluding hydrogens is 386 g/mol. The lowest BCUT2D eigenvalue weighted by atomic mass is 9.64. The number of tetrazole rings is 1. The number of amides is 4. The van der Waals surface area contributed by atoms with Crippen LogP contribution >= 0.6 is 0 Å². The van der Waals surface area contributed by atoms with Gasteiger partial charge in [-0.3, -0.25) is 14.5 Å². The van der Waals surface area contributed by atoms with Crippen LogP contribution in [0.25, 0.3) is 5.69 Å². The highest BCUT2D eigenvalue weighted by Crippen LogP contribution is 2.46. The number of anilines is 1. The average molecular weight is 411 g/mol. The lowest BCUT2D eigenvalue weighted by molar-refractivity contribution is -0.136. The summed E-state index contributed by atoms with van der Waals surface area (Å²) in [6, 6.07) is 6.40. The average Bonchev–Trinajstić information content (AvgIpc) is 3.25. The van der Waals surface area contributed by atoms with Crippen LogP contribution < -0.4 is 10.6 Å². The minimum absolute atomic E-state index is 0.0553. The number of hydrogen-bond donors (Lipinski definition) is 2. The van der Waals surface area contributed by atoms with Gasteiger partial charge in [-0.1, -0.05) is 20.8 Å². The van der Waals surface area contributed by atoms with Gasteiger partial charge in [-0.2, -0.15) is 0 Å². The molecule has 0 unspecified atom stereocenters. The highest BCUT2D eigenvalue weighted by molar-refractivity contribution is 6.10. The first-order chi connectivity index (χ1) is 14.2. The molecule has 30 heavy (non-hydrogen) atoms. The third kappa shape index (κ3) is 3.77. The third-order valence-electron chi connectivity index (χ3n) is 5.69. The highest BCUT2D eigenvalue weighted by Gasteiger charge is 2.56. The van der Waals surface area contributed by atoms with Crippen LogP contribution in [0.3, 0.4) is 0 Å². The zero-order chi connectivity index (χ0) is 21.5. The Balaban J connectivity index is 1.42. The van der Waals surface area contributed by atoms with Gasteiger partial charge in [0.25, 0.3) is 5.91 Å². The summed E-state index contributed by atoms with van der Waals surface area (Å²) < 4.78 is 1.49. The van der Waals surface area contributed by atoms with E-state index < -0.39 is 17.5 Å². The number of urea groups is 1. The summed E-state index contributed by atoms with van der Waals surface area (Å²) in [5.74, 6) is -0.435. The summed E-state index contributed by atoms with van der Waals surface area (Å²) in [6.07, 6.45) is 3.64. The Morgan fingerprint density at radius 3 is 2.60 bits per heavy atom. The predicted octanol–water partition coefficient (Wildman–Crippen LogP) is 1.74. The second-order valence-corrected chi connectivity index (χ2v) is 9.11. The minimum Gasteiger partial charge on any atom is -0.325 e. The number of carbonyl (C=O) groups excluding carboxylic acids is 3. The molecule has 1 saturated carbocycles. The van der Waals surface area contributed by atoms with Gasteiger partial charge in [0.15, 0.2) is 0 Å². The van der Waals surface area contributed by atoms with E-state index in [9.17, 15) is 14.4 Å². The van der Waals surface area contributed by atoms with Crippen LogP contribution in [-0.4, -0.2) is 55.0 Å². The minimum atomic E-state index is -0.911. The summed E-state index contributed by atoms with van der Waals surface area (Å²) in [5.41, 5.74) is 0.320. The van der Waals surface area contributed by atoms with Crippen LogP contribution in [0.5, 0.6) is 0 Å². The molecule has 2 fully saturated rings. The Bertz CT molecular complexity index is 971. The largest absolute Gasteiger partial charge is 0.325 e. The van der Waals surface area contributed by atoms with Crippen LogP contribution in [0.1, 0.15) is 40.0 Å². The molecule has 4 amide bonds. The van der Waals surface area contributed by atoms with Crippen molar-refractivity contribution in [1.29, 1.82) is 0 Å². The molecule has 10 heteroatoms. The molecule has 1 spiro atoms. The molecule has 2 atom stereocenters. The Kier molecular flexibility index (Phi) is 4.79. The van der Waals surface area contributed by atoms with Crippen molar-refractivity contribution in [3.8, 4) is 5.69 Å². The molecular formula is C20H25N7O3. The molecule has 4 rings (SSSR count). The van der Waals surface area contributed by atoms with Gasteiger partial charge in [-0.25, -0.2) is 9.48 Å². The maximum Gasteiger partial charge on any atom is 0.325 e. The second kappa shape index (κ2) is 7.19. The van der Waals surface area contributed by atoms with E-state index in [4.69, 9.17) is 0 Å². The first-order valence-corrected chi connectivity index (χ1v) is 9.95. The molecule has 1 aliphatic carbocycles. The van der Waals surface area contributed by atoms with E-state index in [1.54, 1.807) is 24.3 Å². The van der Waals surface area contributed by atoms with Crippen LogP contribution in [-0.2, 0) is 9.59 Å². The second-order valence-electron chi connectivity index (χ2n) is 9.11. The molecule has 10 nitrogen and oxygen atoms in total. The lowest BCUT2D eigenvalue weighted by Gasteiger charge is -2.43. The number of nitrogens with zero attached hydrogens (tertiary/aromatic N) is 5. The van der Waals surface area contributed by atoms with E-state index >= 15 is 0 Å². The topological polar surface area (TPSA) is 122 Å². The highest BCUT2D eigenvalue weighted by atomic mass is 16.2. The number of benzene rings is 1. The summed E-state index contributed by atoms with van der Waals surface area (Å²) in [6.45, 7) is 5.99. The number of aromatic nitrogens is 4. The van der Waals surface area contributed by atoms with Crippen LogP contribution in [0, 0.1) is 11.3 Å². The quantitative estimate of drug-likeness (QED) is 0.739. The molecule has 0 radical (unpaired) electrons. The molecule has 1 aliphatic heterocycles. The van der Waals surface area contributed by atoms with E-state index in [1.165, 1.54) is 11.0 Å². The normalized spacial score (nSPS) is 25.4. The van der Waals surface area contributed by atoms with E-state index in [1.807, 2.05) is 0 Å². The molecule has 2 N–H and O–H groups in total. The van der Waals surface area contributed by atoms with Crippen molar-refractivity contribution in [1.82, 2.24) is 30.4 Å². The van der Waals surface area contributed by atoms with Crippen molar-refractivity contribution in [2.24, 2.45) is 11.3 Å². The van der Waals surface area contributed by atoms with Gasteiger partial charge >= 0.3 is 6.03 Å². The number of nitrogens with one attached hydrogen (secondary N) is 2. The molecule has 1 aromatic heterocycles. The zero-order valence-corrected chi connectivity index (χ0v) is 17.3. The van der Waals surface area contributed by atoms with Crippen molar-refractivity contribution in [2.45, 2.75) is 45.6 Å². The first kappa shape index (κ1) is 20.0. The molecule has 2 aromatic rings. The Labute approximate surface area is 174 Å². The Hall–Kier alpha value is -3.30. The van der Waals surface area contributed by atoms with E-state index in [0.717, 1.165) is 17.0 Å². The number of rotatable bonds is 4. The van der Waals surface area contributed by atoms with Gasteiger partial charge in [0.2, 0.25) is 5.91 Å². The van der Waals surface area contributed by atoms with Crippen molar-refractivity contribution in [3.05, 3.63) is 30.6 Å². The zero-order valence-electron chi connectivity index (χ0n) is 17.3. The van der Waals surface area contributed by atoms with Gasteiger partial charge in [-0.15, -0.1) is 5.10 Å². The first-order valence-electron chi connectivity index (χ1n) is 9.95. The SMILES string of the molecule is C[C@@H]1CC(C)(C)C[C@@]2(C1)NC(=O)N(CC(=O)Nc1ccc(-n3cnnn3)cc1)C2=O. The van der Waals surface area contributed by atoms with Gasteiger partial charge in [-0.05, 0) is 65.3 Å². The Morgan fingerprint density at radius 1 is 1.23 bits per heavy atom. The van der Waals surface area contributed by atoms with Gasteiger partial charge in [0, 0.05) is 5.69 Å². The fourth-order valence-corrected chi connectivity index (χ4v) is 4.97. The Morgan fingerprint density at radius 2 is 1.97 bits per heavy atom. The number of imide groups is 1. The van der Waals surface area contributed by atoms with Crippen molar-refractivity contribution < 1.29 is 14.4 Å². The maximum absolute atomic E-state index is 13.1. The maximum atomic E-state index is 13.1. The fourth-order valence-electron chi connectivity index (χ4n) is 4.97. The number of carbonyl (C=O) groups is 3. The molecule has 0 bridgehead atoms. The van der Waals surface area contributed by atoms with Crippen molar-refractivity contribution in [2.75, 3.05) is 11.9 Å². The summed E-state index contributed by atoms with van der Waals surface area (Å²) in [5, 5.41) is 16.6. The summed E-state index contributed by atoms with van der Waals surface area (Å²) in [4.78, 5) is 39.2. The van der Waals surface area contributed by atoms with E-state index in [0.29, 0.717) is 24.4 Å². The van der Waals surface area contributed by atoms with E-state index in [-0.39, 0.29) is 17.9 Å². The van der Waals surface area contributed by atoms with Gasteiger partial charge in [0.1, 0.15) is 18.4 Å². The molecule has 1 aromatic carbocycles. The summed E-state index contributed by atoms with van der Waals surface area (Å²) >= 11 is 0. The number of hydrogen-bond acceptors (Lipinski definition) is 6. The van der Waals surface area contributed by atoms with Gasteiger partial charge in [0.05, 0.1) is 5.69 Å². The predicted molar refractivity (Wildman–Crippen MR) is 108 cm³/mol. The monoisotopic (exact) mass is 411 g/mol. The summed E-state index contributed by atoms with van der Waals surface area (Å²) in [7, 11) is 0. The molecule has 1 saturated heterocycles. The van der Waals surface area contributed by atoms with Crippen LogP contribution in [0.2, 0.25) is 0 Å². The van der Waals surface area contributed by atoms with Gasteiger partial charge < -0.3 is 10.6 Å². The van der Waals surface area contributed by atoms with E-state index in [2.05, 4.69) is 46.9 Å².